The molecule has 66 heavy (non-hydrogen) atoms. The summed E-state index contributed by atoms with van der Waals surface area (Å²) in [5.41, 5.74) is 10.8. The number of nitrogens with one attached hydrogen (secondary N) is 2. The third kappa shape index (κ3) is 5.87. The largest absolute Gasteiger partial charge is 0.350 e. The van der Waals surface area contributed by atoms with Crippen LogP contribution < -0.4 is 21.2 Å². The molecule has 9 aromatic carbocycles. The van der Waals surface area contributed by atoms with Crippen LogP contribution in [0, 0.1) is 5.92 Å². The summed E-state index contributed by atoms with van der Waals surface area (Å²) >= 11 is 0. The molecule has 5 nitrogen and oxygen atoms in total. The monoisotopic (exact) mass is 845 g/mol. The van der Waals surface area contributed by atoms with E-state index in [0.29, 0.717) is 0 Å². The van der Waals surface area contributed by atoms with Crippen molar-refractivity contribution >= 4 is 88.7 Å². The molecule has 0 saturated carbocycles. The molecule has 5 heteroatoms. The third-order valence-electron chi connectivity index (χ3n) is 14.2. The van der Waals surface area contributed by atoms with Crippen LogP contribution in [0.4, 0.5) is 0 Å². The first-order valence-electron chi connectivity index (χ1n) is 23.0. The molecule has 0 saturated heterocycles. The van der Waals surface area contributed by atoms with E-state index in [1.165, 1.54) is 86.9 Å². The second kappa shape index (κ2) is 14.6. The number of amidine groups is 1. The Morgan fingerprint density at radius 1 is 0.485 bits per heavy atom. The van der Waals surface area contributed by atoms with Crippen molar-refractivity contribution in [2.75, 3.05) is 0 Å². The summed E-state index contributed by atoms with van der Waals surface area (Å²) in [5.74, 6) is 1.12. The Labute approximate surface area is 381 Å². The second-order valence-corrected chi connectivity index (χ2v) is 18.0. The van der Waals surface area contributed by atoms with Gasteiger partial charge in [-0.25, -0.2) is 4.99 Å². The highest BCUT2D eigenvalue weighted by molar-refractivity contribution is 6.14. The molecule has 0 fully saturated rings. The van der Waals surface area contributed by atoms with Crippen molar-refractivity contribution in [3.8, 4) is 5.69 Å². The number of hydrogen-bond donors (Lipinski definition) is 2. The Hall–Kier alpha value is -8.25. The van der Waals surface area contributed by atoms with Crippen LogP contribution in [-0.2, 0) is 0 Å². The van der Waals surface area contributed by atoms with Crippen molar-refractivity contribution in [3.05, 3.63) is 239 Å². The molecule has 0 amide bonds. The number of aliphatic imine (C=N–C) groups is 1. The van der Waals surface area contributed by atoms with Gasteiger partial charge in [-0.05, 0) is 110 Å². The van der Waals surface area contributed by atoms with E-state index in [4.69, 9.17) is 4.99 Å². The molecule has 1 aliphatic heterocycles. The maximum absolute atomic E-state index is 5.36. The minimum Gasteiger partial charge on any atom is -0.350 e. The van der Waals surface area contributed by atoms with Crippen LogP contribution in [0.2, 0.25) is 0 Å². The molecule has 3 aliphatic rings. The number of aromatic nitrogens is 2. The number of allylic oxidation sites excluding steroid dienone is 4. The van der Waals surface area contributed by atoms with Gasteiger partial charge in [-0.15, -0.1) is 0 Å². The van der Waals surface area contributed by atoms with E-state index in [0.717, 1.165) is 34.6 Å². The molecule has 2 N–H and O–H groups in total. The lowest BCUT2D eigenvalue weighted by Gasteiger charge is -2.32. The normalized spacial score (nSPS) is 18.1. The highest BCUT2D eigenvalue weighted by Crippen LogP contribution is 2.40. The van der Waals surface area contributed by atoms with Crippen LogP contribution >= 0.6 is 0 Å². The smallest absolute Gasteiger partial charge is 0.131 e. The van der Waals surface area contributed by atoms with E-state index in [1.807, 2.05) is 0 Å². The van der Waals surface area contributed by atoms with Gasteiger partial charge in [0, 0.05) is 44.2 Å². The van der Waals surface area contributed by atoms with E-state index < -0.39 is 0 Å². The molecule has 11 aromatic rings. The van der Waals surface area contributed by atoms with Crippen molar-refractivity contribution in [1.82, 2.24) is 19.8 Å². The minimum atomic E-state index is -0.292. The molecule has 3 atom stereocenters. The standard InChI is InChI=1S/C61H43N5/c1-2-14-39(15-3-1)59-62-60(64-61(63-59)45-28-30-50-43(31-45)26-25-38-13-6-7-20-49(38)50)44-18-12-19-47(32-44)65-55-23-10-9-22-52(55)54-35-46-33-48(29-27-42(46)37-58(54)65)66-56-24-11-8-21-51(56)53-34-40-16-4-5-17-41(40)36-57(53)66/h1-32,34-37,46,60-61,64H,33H2,(H,62,63). The highest BCUT2D eigenvalue weighted by Gasteiger charge is 2.28. The van der Waals surface area contributed by atoms with Crippen molar-refractivity contribution < 1.29 is 0 Å². The molecule has 0 spiro atoms. The molecule has 14 rings (SSSR count). The maximum atomic E-state index is 5.36. The highest BCUT2D eigenvalue weighted by atomic mass is 15.3. The van der Waals surface area contributed by atoms with Crippen LogP contribution in [0.5, 0.6) is 0 Å². The first-order chi connectivity index (χ1) is 32.7. The SMILES string of the molecule is C1=C2C=c3c(c4ccccc4n3-c3cccc(C4N=C(c5ccccc5)NC(c5ccc6c(ccc7ccccc76)c5)N4)c3)=CC2CC(n2c3ccccc3c3cc4ccccc4cc32)=C1. The third-order valence-corrected chi connectivity index (χ3v) is 14.2. The van der Waals surface area contributed by atoms with Gasteiger partial charge in [0.05, 0.1) is 21.9 Å². The Balaban J connectivity index is 0.867. The Bertz CT molecular complexity index is 4050. The number of fused-ring (bicyclic) bond motifs is 11. The zero-order valence-corrected chi connectivity index (χ0v) is 36.1. The van der Waals surface area contributed by atoms with Crippen LogP contribution in [0.25, 0.3) is 88.6 Å². The van der Waals surface area contributed by atoms with Gasteiger partial charge in [-0.2, -0.15) is 0 Å². The molecule has 0 bridgehead atoms. The number of nitrogens with zero attached hydrogens (tertiary/aromatic N) is 3. The first kappa shape index (κ1) is 37.2. The molecular weight excluding hydrogens is 803 g/mol. The Morgan fingerprint density at radius 3 is 2.06 bits per heavy atom. The summed E-state index contributed by atoms with van der Waals surface area (Å²) in [6, 6.07) is 70.6. The predicted molar refractivity (Wildman–Crippen MR) is 275 cm³/mol. The Kier molecular flexibility index (Phi) is 8.24. The number of rotatable bonds is 5. The fourth-order valence-corrected chi connectivity index (χ4v) is 11.1. The van der Waals surface area contributed by atoms with Gasteiger partial charge in [0.2, 0.25) is 0 Å². The number of para-hydroxylation sites is 2. The molecule has 0 radical (unpaired) electrons. The maximum Gasteiger partial charge on any atom is 0.131 e. The second-order valence-electron chi connectivity index (χ2n) is 18.0. The predicted octanol–water partition coefficient (Wildman–Crippen LogP) is 12.6. The van der Waals surface area contributed by atoms with Crippen LogP contribution in [0.15, 0.2) is 217 Å². The molecule has 2 aliphatic carbocycles. The minimum absolute atomic E-state index is 0.166. The summed E-state index contributed by atoms with van der Waals surface area (Å²) in [6.07, 6.45) is 10.1. The lowest BCUT2D eigenvalue weighted by Crippen LogP contribution is -2.45. The summed E-state index contributed by atoms with van der Waals surface area (Å²) in [7, 11) is 0. The number of benzene rings is 9. The zero-order chi connectivity index (χ0) is 43.3. The average molecular weight is 846 g/mol. The van der Waals surface area contributed by atoms with Gasteiger partial charge in [0.1, 0.15) is 18.2 Å². The van der Waals surface area contributed by atoms with Crippen LogP contribution in [0.1, 0.15) is 35.4 Å². The summed E-state index contributed by atoms with van der Waals surface area (Å²) in [6.45, 7) is 0. The van der Waals surface area contributed by atoms with Crippen molar-refractivity contribution in [2.24, 2.45) is 10.9 Å². The van der Waals surface area contributed by atoms with E-state index in [9.17, 15) is 0 Å². The summed E-state index contributed by atoms with van der Waals surface area (Å²) < 4.78 is 4.96. The van der Waals surface area contributed by atoms with Gasteiger partial charge in [0.15, 0.2) is 0 Å². The van der Waals surface area contributed by atoms with Gasteiger partial charge in [-0.3, -0.25) is 5.32 Å². The van der Waals surface area contributed by atoms with Gasteiger partial charge >= 0.3 is 0 Å². The van der Waals surface area contributed by atoms with Gasteiger partial charge < -0.3 is 14.5 Å². The van der Waals surface area contributed by atoms with E-state index in [2.05, 4.69) is 238 Å². The molecule has 3 unspecified atom stereocenters. The fourth-order valence-electron chi connectivity index (χ4n) is 11.1. The van der Waals surface area contributed by atoms with Gasteiger partial charge in [-0.1, -0.05) is 164 Å². The fraction of sp³-hybridized carbons (Fsp3) is 0.0656. The first-order valence-corrected chi connectivity index (χ1v) is 23.0. The molecule has 3 heterocycles. The van der Waals surface area contributed by atoms with E-state index in [-0.39, 0.29) is 18.2 Å². The van der Waals surface area contributed by atoms with E-state index >= 15 is 0 Å². The van der Waals surface area contributed by atoms with Crippen molar-refractivity contribution in [3.63, 3.8) is 0 Å². The zero-order valence-electron chi connectivity index (χ0n) is 36.1. The molecule has 2 aromatic heterocycles. The average Bonchev–Trinajstić information content (AvgIpc) is 3.88. The van der Waals surface area contributed by atoms with Crippen molar-refractivity contribution in [1.29, 1.82) is 0 Å². The van der Waals surface area contributed by atoms with Crippen LogP contribution in [0.3, 0.4) is 0 Å². The molecule has 312 valence electrons. The van der Waals surface area contributed by atoms with Crippen LogP contribution in [-0.4, -0.2) is 15.0 Å². The Morgan fingerprint density at radius 2 is 1.20 bits per heavy atom. The number of hydrogen-bond acceptors (Lipinski definition) is 3. The summed E-state index contributed by atoms with van der Waals surface area (Å²) in [5, 5.41) is 21.6. The van der Waals surface area contributed by atoms with E-state index in [1.54, 1.807) is 0 Å². The van der Waals surface area contributed by atoms with Crippen molar-refractivity contribution in [2.45, 2.75) is 18.8 Å². The quantitative estimate of drug-likeness (QED) is 0.170. The lowest BCUT2D eigenvalue weighted by molar-refractivity contribution is 0.409. The lowest BCUT2D eigenvalue weighted by atomic mass is 9.86. The molecular formula is C61H43N5. The van der Waals surface area contributed by atoms with Gasteiger partial charge in [0.25, 0.3) is 0 Å². The summed E-state index contributed by atoms with van der Waals surface area (Å²) in [4.78, 5) is 5.36. The topological polar surface area (TPSA) is 46.3 Å².